The molecule has 0 radical (unpaired) electrons. The molecule has 0 spiro atoms. The molecule has 0 amide bonds. The highest BCUT2D eigenvalue weighted by atomic mass is 19.2. The fraction of sp³-hybridized carbons (Fsp3) is 0.273. The van der Waals surface area contributed by atoms with E-state index < -0.39 is 17.5 Å². The third kappa shape index (κ3) is 7.34. The van der Waals surface area contributed by atoms with Crippen LogP contribution in [0.5, 0.6) is 17.2 Å². The van der Waals surface area contributed by atoms with E-state index in [2.05, 4.69) is 6.92 Å². The second-order valence-corrected chi connectivity index (χ2v) is 9.29. The highest BCUT2D eigenvalue weighted by molar-refractivity contribution is 5.66. The molecular formula is C33H33F3O3. The molecule has 39 heavy (non-hydrogen) atoms. The van der Waals surface area contributed by atoms with E-state index in [1.165, 1.54) is 12.1 Å². The largest absolute Gasteiger partial charge is 0.494 e. The molecule has 6 heteroatoms. The van der Waals surface area contributed by atoms with Gasteiger partial charge in [-0.3, -0.25) is 0 Å². The Morgan fingerprint density at radius 3 is 1.79 bits per heavy atom. The quantitative estimate of drug-likeness (QED) is 0.160. The van der Waals surface area contributed by atoms with Crippen molar-refractivity contribution in [3.63, 3.8) is 0 Å². The minimum Gasteiger partial charge on any atom is -0.494 e. The highest BCUT2D eigenvalue weighted by Crippen LogP contribution is 2.30. The summed E-state index contributed by atoms with van der Waals surface area (Å²) < 4.78 is 61.0. The summed E-state index contributed by atoms with van der Waals surface area (Å²) in [5, 5.41) is 0. The molecule has 4 rings (SSSR count). The van der Waals surface area contributed by atoms with Crippen LogP contribution >= 0.6 is 0 Å². The van der Waals surface area contributed by atoms with E-state index in [0.29, 0.717) is 35.8 Å². The molecule has 0 aliphatic carbocycles. The molecule has 0 bridgehead atoms. The molecular weight excluding hydrogens is 501 g/mol. The number of ether oxygens (including phenoxy) is 3. The summed E-state index contributed by atoms with van der Waals surface area (Å²) >= 11 is 0. The Balaban J connectivity index is 1.38. The van der Waals surface area contributed by atoms with E-state index in [9.17, 15) is 13.2 Å². The van der Waals surface area contributed by atoms with Gasteiger partial charge in [0.2, 0.25) is 0 Å². The molecule has 4 aromatic rings. The van der Waals surface area contributed by atoms with Crippen LogP contribution in [-0.4, -0.2) is 13.2 Å². The summed E-state index contributed by atoms with van der Waals surface area (Å²) in [6.45, 7) is 5.10. The number of halogens is 3. The lowest BCUT2D eigenvalue weighted by atomic mass is 10.0. The van der Waals surface area contributed by atoms with Crippen LogP contribution in [0, 0.1) is 17.5 Å². The molecule has 0 heterocycles. The lowest BCUT2D eigenvalue weighted by Gasteiger charge is -2.12. The van der Waals surface area contributed by atoms with Crippen molar-refractivity contribution in [2.24, 2.45) is 0 Å². The molecule has 0 aliphatic heterocycles. The highest BCUT2D eigenvalue weighted by Gasteiger charge is 2.15. The van der Waals surface area contributed by atoms with E-state index >= 15 is 0 Å². The zero-order valence-electron chi connectivity index (χ0n) is 22.3. The Morgan fingerprint density at radius 2 is 1.15 bits per heavy atom. The Hall–Kier alpha value is -3.93. The first-order chi connectivity index (χ1) is 19.0. The van der Waals surface area contributed by atoms with Crippen LogP contribution in [0.25, 0.3) is 22.3 Å². The predicted octanol–water partition coefficient (Wildman–Crippen LogP) is 9.37. The minimum absolute atomic E-state index is 0.112. The van der Waals surface area contributed by atoms with Crippen molar-refractivity contribution in [2.75, 3.05) is 13.2 Å². The molecule has 3 nitrogen and oxygen atoms in total. The molecule has 0 N–H and O–H groups in total. The van der Waals surface area contributed by atoms with Gasteiger partial charge >= 0.3 is 0 Å². The smallest absolute Gasteiger partial charge is 0.167 e. The van der Waals surface area contributed by atoms with Gasteiger partial charge in [-0.1, -0.05) is 69.2 Å². The van der Waals surface area contributed by atoms with Crippen molar-refractivity contribution in [1.82, 2.24) is 0 Å². The lowest BCUT2D eigenvalue weighted by molar-refractivity contribution is 0.294. The van der Waals surface area contributed by atoms with Gasteiger partial charge in [-0.05, 0) is 65.9 Å². The van der Waals surface area contributed by atoms with Gasteiger partial charge in [-0.25, -0.2) is 13.2 Å². The zero-order valence-corrected chi connectivity index (χ0v) is 22.3. The number of rotatable bonds is 13. The van der Waals surface area contributed by atoms with Crippen molar-refractivity contribution < 1.29 is 27.4 Å². The summed E-state index contributed by atoms with van der Waals surface area (Å²) in [6.07, 6.45) is 3.84. The minimum atomic E-state index is -0.941. The molecule has 0 aliphatic rings. The standard InChI is InChI=1S/C33H33F3O3/c1-3-5-19-37-27-15-9-24(10-16-27)29-17-11-26(32(35)33(29)36)22-39-28-13-7-23(8-14-28)25-12-18-31(30(34)21-25)38-20-6-4-2/h7-18,21H,3-6,19-20,22H2,1-2H3. The lowest BCUT2D eigenvalue weighted by Crippen LogP contribution is -2.02. The maximum absolute atomic E-state index is 14.9. The maximum atomic E-state index is 14.9. The third-order valence-electron chi connectivity index (χ3n) is 6.36. The van der Waals surface area contributed by atoms with Crippen molar-refractivity contribution >= 4 is 0 Å². The van der Waals surface area contributed by atoms with E-state index in [1.54, 1.807) is 66.7 Å². The molecule has 0 unspecified atom stereocenters. The Labute approximate surface area is 228 Å². The average molecular weight is 535 g/mol. The maximum Gasteiger partial charge on any atom is 0.167 e. The summed E-state index contributed by atoms with van der Waals surface area (Å²) in [5.74, 6) is -0.856. The van der Waals surface area contributed by atoms with E-state index in [1.807, 2.05) is 6.92 Å². The van der Waals surface area contributed by atoms with Crippen LogP contribution in [0.3, 0.4) is 0 Å². The Morgan fingerprint density at radius 1 is 0.564 bits per heavy atom. The van der Waals surface area contributed by atoms with Crippen LogP contribution in [0.1, 0.15) is 45.1 Å². The van der Waals surface area contributed by atoms with Crippen LogP contribution in [0.2, 0.25) is 0 Å². The fourth-order valence-corrected chi connectivity index (χ4v) is 4.02. The average Bonchev–Trinajstić information content (AvgIpc) is 2.96. The Bertz CT molecular complexity index is 1350. The molecule has 0 saturated carbocycles. The summed E-state index contributed by atoms with van der Waals surface area (Å²) in [5.41, 5.74) is 2.35. The fourth-order valence-electron chi connectivity index (χ4n) is 4.02. The van der Waals surface area contributed by atoms with Crippen LogP contribution in [0.4, 0.5) is 13.2 Å². The normalized spacial score (nSPS) is 10.9. The number of hydrogen-bond acceptors (Lipinski definition) is 3. The molecule has 0 atom stereocenters. The predicted molar refractivity (Wildman–Crippen MR) is 149 cm³/mol. The number of benzene rings is 4. The van der Waals surface area contributed by atoms with Gasteiger partial charge in [-0.2, -0.15) is 0 Å². The number of unbranched alkanes of at least 4 members (excludes halogenated alkanes) is 2. The first kappa shape index (κ1) is 28.1. The van der Waals surface area contributed by atoms with Crippen molar-refractivity contribution in [3.8, 4) is 39.5 Å². The van der Waals surface area contributed by atoms with Crippen LogP contribution in [-0.2, 0) is 6.61 Å². The van der Waals surface area contributed by atoms with Crippen LogP contribution < -0.4 is 14.2 Å². The second-order valence-electron chi connectivity index (χ2n) is 9.29. The summed E-state index contributed by atoms with van der Waals surface area (Å²) in [6, 6.07) is 21.9. The number of hydrogen-bond donors (Lipinski definition) is 0. The van der Waals surface area contributed by atoms with Crippen molar-refractivity contribution in [3.05, 3.63) is 102 Å². The first-order valence-corrected chi connectivity index (χ1v) is 13.4. The Kier molecular flexibility index (Phi) is 9.90. The van der Waals surface area contributed by atoms with Crippen LogP contribution in [0.15, 0.2) is 78.9 Å². The molecule has 0 aromatic heterocycles. The van der Waals surface area contributed by atoms with Gasteiger partial charge in [0, 0.05) is 11.1 Å². The molecule has 0 fully saturated rings. The van der Waals surface area contributed by atoms with Gasteiger partial charge in [-0.15, -0.1) is 0 Å². The molecule has 0 saturated heterocycles. The summed E-state index contributed by atoms with van der Waals surface area (Å²) in [7, 11) is 0. The van der Waals surface area contributed by atoms with E-state index in [-0.39, 0.29) is 23.5 Å². The topological polar surface area (TPSA) is 27.7 Å². The van der Waals surface area contributed by atoms with E-state index in [0.717, 1.165) is 31.2 Å². The van der Waals surface area contributed by atoms with Gasteiger partial charge in [0.1, 0.15) is 18.1 Å². The zero-order chi connectivity index (χ0) is 27.6. The van der Waals surface area contributed by atoms with Gasteiger partial charge in [0.25, 0.3) is 0 Å². The van der Waals surface area contributed by atoms with Gasteiger partial charge < -0.3 is 14.2 Å². The van der Waals surface area contributed by atoms with Crippen molar-refractivity contribution in [1.29, 1.82) is 0 Å². The SMILES string of the molecule is CCCCOc1ccc(-c2ccc(COc3ccc(-c4ccc(OCCCC)c(F)c4)cc3)c(F)c2F)cc1. The second kappa shape index (κ2) is 13.7. The first-order valence-electron chi connectivity index (χ1n) is 13.4. The molecule has 4 aromatic carbocycles. The van der Waals surface area contributed by atoms with Gasteiger partial charge in [0.05, 0.1) is 13.2 Å². The summed E-state index contributed by atoms with van der Waals surface area (Å²) in [4.78, 5) is 0. The third-order valence-corrected chi connectivity index (χ3v) is 6.36. The van der Waals surface area contributed by atoms with E-state index in [4.69, 9.17) is 14.2 Å². The van der Waals surface area contributed by atoms with Crippen molar-refractivity contribution in [2.45, 2.75) is 46.1 Å². The monoisotopic (exact) mass is 534 g/mol. The van der Waals surface area contributed by atoms with Gasteiger partial charge in [0.15, 0.2) is 23.2 Å². The molecule has 204 valence electrons.